The molecule has 1 N–H and O–H groups in total. The second kappa shape index (κ2) is 14.5. The van der Waals surface area contributed by atoms with E-state index < -0.39 is 15.4 Å². The van der Waals surface area contributed by atoms with Gasteiger partial charge in [-0.25, -0.2) is 0 Å². The van der Waals surface area contributed by atoms with Gasteiger partial charge in [0.15, 0.2) is 0 Å². The second-order valence-electron chi connectivity index (χ2n) is 6.38. The van der Waals surface area contributed by atoms with Crippen LogP contribution in [0.2, 0.25) is 0 Å². The van der Waals surface area contributed by atoms with Gasteiger partial charge in [0.25, 0.3) is 10.1 Å². The monoisotopic (exact) mass is 380 g/mol. The van der Waals surface area contributed by atoms with Gasteiger partial charge >= 0.3 is 0 Å². The molecular weight excluding hydrogens is 348 g/mol. The zero-order valence-electron chi connectivity index (χ0n) is 15.1. The van der Waals surface area contributed by atoms with E-state index in [0.717, 1.165) is 19.3 Å². The molecule has 2 radical (unpaired) electrons. The van der Waals surface area contributed by atoms with E-state index >= 15 is 0 Å². The van der Waals surface area contributed by atoms with Gasteiger partial charge in [0, 0.05) is 37.7 Å². The van der Waals surface area contributed by atoms with Crippen molar-refractivity contribution >= 4 is 47.9 Å². The molecular formula is C19H32CaO3S. The molecule has 5 heteroatoms. The van der Waals surface area contributed by atoms with E-state index in [1.54, 1.807) is 12.1 Å². The summed E-state index contributed by atoms with van der Waals surface area (Å²) in [5, 5.41) is -0.780. The first-order valence-corrected chi connectivity index (χ1v) is 10.6. The second-order valence-corrected chi connectivity index (χ2v) is 7.98. The Morgan fingerprint density at radius 2 is 1.29 bits per heavy atom. The number of hydrogen-bond donors (Lipinski definition) is 1. The molecule has 1 unspecified atom stereocenters. The molecule has 1 atom stereocenters. The number of hydrogen-bond acceptors (Lipinski definition) is 2. The average molecular weight is 381 g/mol. The van der Waals surface area contributed by atoms with E-state index in [-0.39, 0.29) is 37.7 Å². The Morgan fingerprint density at radius 1 is 0.833 bits per heavy atom. The van der Waals surface area contributed by atoms with Gasteiger partial charge in [0.1, 0.15) is 5.25 Å². The van der Waals surface area contributed by atoms with Gasteiger partial charge in [-0.1, -0.05) is 101 Å². The fraction of sp³-hybridized carbons (Fsp3) is 0.684. The van der Waals surface area contributed by atoms with Gasteiger partial charge in [-0.3, -0.25) is 4.55 Å². The molecule has 24 heavy (non-hydrogen) atoms. The van der Waals surface area contributed by atoms with Crippen molar-refractivity contribution < 1.29 is 13.0 Å². The van der Waals surface area contributed by atoms with Crippen molar-refractivity contribution in [1.29, 1.82) is 0 Å². The van der Waals surface area contributed by atoms with Crippen LogP contribution in [-0.2, 0) is 10.1 Å². The summed E-state index contributed by atoms with van der Waals surface area (Å²) in [5.74, 6) is 0. The molecule has 0 aliphatic heterocycles. The molecule has 1 aromatic rings. The number of rotatable bonds is 13. The van der Waals surface area contributed by atoms with Crippen molar-refractivity contribution in [2.45, 2.75) is 82.8 Å². The predicted octanol–water partition coefficient (Wildman–Crippen LogP) is 5.55. The molecule has 0 aliphatic carbocycles. The maximum Gasteiger partial charge on any atom is 0.271 e. The maximum absolute atomic E-state index is 11.6. The molecule has 0 spiro atoms. The normalized spacial score (nSPS) is 12.6. The summed E-state index contributed by atoms with van der Waals surface area (Å²) in [6, 6.07) is 9.02. The minimum absolute atomic E-state index is 0. The smallest absolute Gasteiger partial charge is 0.271 e. The van der Waals surface area contributed by atoms with Crippen LogP contribution in [0.3, 0.4) is 0 Å². The van der Waals surface area contributed by atoms with Crippen LogP contribution in [-0.4, -0.2) is 50.7 Å². The minimum atomic E-state index is -4.03. The van der Waals surface area contributed by atoms with Crippen LogP contribution in [0.4, 0.5) is 0 Å². The Morgan fingerprint density at radius 3 is 1.75 bits per heavy atom. The molecule has 0 heterocycles. The molecule has 1 rings (SSSR count). The summed E-state index contributed by atoms with van der Waals surface area (Å²) in [5.41, 5.74) is 0.686. The first-order valence-electron chi connectivity index (χ1n) is 9.07. The third-order valence-corrected chi connectivity index (χ3v) is 5.58. The molecule has 0 aromatic heterocycles. The van der Waals surface area contributed by atoms with Gasteiger partial charge in [0.05, 0.1) is 0 Å². The fourth-order valence-corrected chi connectivity index (χ4v) is 3.94. The molecule has 134 valence electrons. The Balaban J connectivity index is 0.00000529. The zero-order chi connectivity index (χ0) is 17.0. The fourth-order valence-electron chi connectivity index (χ4n) is 2.97. The van der Waals surface area contributed by atoms with Crippen LogP contribution in [0, 0.1) is 0 Å². The average Bonchev–Trinajstić information content (AvgIpc) is 2.52. The third-order valence-electron chi connectivity index (χ3n) is 4.35. The molecule has 3 nitrogen and oxygen atoms in total. The van der Waals surface area contributed by atoms with Crippen LogP contribution >= 0.6 is 0 Å². The summed E-state index contributed by atoms with van der Waals surface area (Å²) in [4.78, 5) is 0. The summed E-state index contributed by atoms with van der Waals surface area (Å²) >= 11 is 0. The van der Waals surface area contributed by atoms with Crippen LogP contribution < -0.4 is 0 Å². The number of unbranched alkanes of at least 4 members (excludes halogenated alkanes) is 9. The standard InChI is InChI=1S/C19H32O3S.Ca/c1-2-3-4-5-6-7-8-9-10-14-17-19(23(20,21)22)18-15-12-11-13-16-18;/h11-13,15-16,19H,2-10,14,17H2,1H3,(H,20,21,22);. The Hall–Kier alpha value is 0.390. The molecule has 0 aliphatic rings. The quantitative estimate of drug-likeness (QED) is 0.277. The van der Waals surface area contributed by atoms with E-state index in [9.17, 15) is 13.0 Å². The van der Waals surface area contributed by atoms with Crippen molar-refractivity contribution in [3.63, 3.8) is 0 Å². The van der Waals surface area contributed by atoms with E-state index in [4.69, 9.17) is 0 Å². The largest absolute Gasteiger partial charge is 0.285 e. The van der Waals surface area contributed by atoms with Crippen LogP contribution in [0.15, 0.2) is 30.3 Å². The zero-order valence-corrected chi connectivity index (χ0v) is 18.1. The first-order chi connectivity index (χ1) is 11.1. The van der Waals surface area contributed by atoms with Crippen molar-refractivity contribution in [2.24, 2.45) is 0 Å². The van der Waals surface area contributed by atoms with Gasteiger partial charge < -0.3 is 0 Å². The first kappa shape index (κ1) is 24.4. The van der Waals surface area contributed by atoms with Crippen molar-refractivity contribution in [2.75, 3.05) is 0 Å². The summed E-state index contributed by atoms with van der Waals surface area (Å²) in [6.07, 6.45) is 12.7. The Labute approximate surface area is 178 Å². The Kier molecular flexibility index (Phi) is 14.8. The van der Waals surface area contributed by atoms with Gasteiger partial charge in [-0.2, -0.15) is 8.42 Å². The van der Waals surface area contributed by atoms with Gasteiger partial charge in [0.2, 0.25) is 0 Å². The minimum Gasteiger partial charge on any atom is -0.285 e. The van der Waals surface area contributed by atoms with Crippen LogP contribution in [0.5, 0.6) is 0 Å². The molecule has 0 saturated carbocycles. The summed E-state index contributed by atoms with van der Waals surface area (Å²) < 4.78 is 32.6. The molecule has 0 saturated heterocycles. The molecule has 0 fully saturated rings. The summed E-state index contributed by atoms with van der Waals surface area (Å²) in [7, 11) is -4.03. The van der Waals surface area contributed by atoms with Gasteiger partial charge in [-0.15, -0.1) is 0 Å². The molecule has 0 bridgehead atoms. The maximum atomic E-state index is 11.6. The third kappa shape index (κ3) is 11.1. The predicted molar refractivity (Wildman–Crippen MR) is 103 cm³/mol. The van der Waals surface area contributed by atoms with E-state index in [0.29, 0.717) is 12.0 Å². The van der Waals surface area contributed by atoms with Crippen LogP contribution in [0.1, 0.15) is 88.4 Å². The SMILES string of the molecule is CCCCCCCCCCCCC(c1ccccc1)S(=O)(=O)O.[Ca]. The topological polar surface area (TPSA) is 54.4 Å². The van der Waals surface area contributed by atoms with Crippen molar-refractivity contribution in [1.82, 2.24) is 0 Å². The van der Waals surface area contributed by atoms with E-state index in [1.807, 2.05) is 18.2 Å². The molecule has 0 amide bonds. The van der Waals surface area contributed by atoms with Gasteiger partial charge in [-0.05, 0) is 12.0 Å². The molecule has 1 aromatic carbocycles. The summed E-state index contributed by atoms with van der Waals surface area (Å²) in [6.45, 7) is 2.23. The van der Waals surface area contributed by atoms with E-state index in [1.165, 1.54) is 44.9 Å². The van der Waals surface area contributed by atoms with Crippen LogP contribution in [0.25, 0.3) is 0 Å². The van der Waals surface area contributed by atoms with E-state index in [2.05, 4.69) is 6.92 Å². The van der Waals surface area contributed by atoms with Crippen molar-refractivity contribution in [3.05, 3.63) is 35.9 Å². The number of benzene rings is 1. The van der Waals surface area contributed by atoms with Crippen molar-refractivity contribution in [3.8, 4) is 0 Å². The Bertz CT molecular complexity index is 503.